The number of aromatic nitrogens is 4. The summed E-state index contributed by atoms with van der Waals surface area (Å²) in [6, 6.07) is 5.33. The number of hydrogen-bond acceptors (Lipinski definition) is 4. The van der Waals surface area contributed by atoms with Gasteiger partial charge in [0.2, 0.25) is 0 Å². The van der Waals surface area contributed by atoms with Crippen LogP contribution in [0.3, 0.4) is 0 Å². The lowest BCUT2D eigenvalue weighted by Gasteiger charge is -2.16. The van der Waals surface area contributed by atoms with E-state index in [1.807, 2.05) is 0 Å². The van der Waals surface area contributed by atoms with Crippen LogP contribution in [-0.4, -0.2) is 19.7 Å². The van der Waals surface area contributed by atoms with E-state index in [9.17, 15) is 9.18 Å². The molecule has 0 unspecified atom stereocenters. The maximum Gasteiger partial charge on any atom is 0.267 e. The fourth-order valence-electron chi connectivity index (χ4n) is 2.67. The summed E-state index contributed by atoms with van der Waals surface area (Å²) < 4.78 is 14.9. The molecule has 0 aliphatic heterocycles. The van der Waals surface area contributed by atoms with Crippen molar-refractivity contribution in [3.63, 3.8) is 0 Å². The Hall–Kier alpha value is -2.54. The van der Waals surface area contributed by atoms with Crippen molar-refractivity contribution in [2.24, 2.45) is 11.7 Å². The number of nitrogens with two attached hydrogens (primary N) is 1. The number of nitrogens with zero attached hydrogens (tertiary/aromatic N) is 3. The van der Waals surface area contributed by atoms with Gasteiger partial charge in [-0.3, -0.25) is 9.89 Å². The number of hydrogen-bond donors (Lipinski definition) is 2. The lowest BCUT2D eigenvalue weighted by molar-refractivity contribution is 0.570. The van der Waals surface area contributed by atoms with Crippen molar-refractivity contribution in [1.29, 1.82) is 0 Å². The molecule has 3 N–H and O–H groups in total. The van der Waals surface area contributed by atoms with Crippen LogP contribution in [0.1, 0.15) is 24.7 Å². The Balaban J connectivity index is 2.05. The van der Waals surface area contributed by atoms with Gasteiger partial charge in [0.1, 0.15) is 17.5 Å². The van der Waals surface area contributed by atoms with Crippen LogP contribution in [0.5, 0.6) is 0 Å². The largest absolute Gasteiger partial charge is 0.321 e. The molecule has 4 rings (SSSR count). The van der Waals surface area contributed by atoms with Gasteiger partial charge in [-0.15, -0.1) is 0 Å². The Bertz CT molecular complexity index is 898. The van der Waals surface area contributed by atoms with Gasteiger partial charge in [-0.05, 0) is 37.0 Å². The zero-order valence-corrected chi connectivity index (χ0v) is 11.7. The summed E-state index contributed by atoms with van der Waals surface area (Å²) >= 11 is 0. The quantitative estimate of drug-likeness (QED) is 0.769. The number of nitrogens with one attached hydrogen (secondary N) is 1. The summed E-state index contributed by atoms with van der Waals surface area (Å²) in [5.74, 6) is 0.825. The van der Waals surface area contributed by atoms with Gasteiger partial charge in [0.25, 0.3) is 5.56 Å². The van der Waals surface area contributed by atoms with E-state index in [4.69, 9.17) is 5.73 Å². The average Bonchev–Trinajstić information content (AvgIpc) is 3.23. The highest BCUT2D eigenvalue weighted by Gasteiger charge is 2.33. The summed E-state index contributed by atoms with van der Waals surface area (Å²) in [4.78, 5) is 17.3. The van der Waals surface area contributed by atoms with E-state index in [1.165, 1.54) is 22.8 Å². The number of halogens is 1. The van der Waals surface area contributed by atoms with Crippen LogP contribution in [0.15, 0.2) is 35.3 Å². The highest BCUT2D eigenvalue weighted by molar-refractivity contribution is 5.78. The third-order valence-corrected chi connectivity index (χ3v) is 4.01. The van der Waals surface area contributed by atoms with Crippen LogP contribution in [0, 0.1) is 11.7 Å². The zero-order chi connectivity index (χ0) is 15.3. The van der Waals surface area contributed by atoms with E-state index in [2.05, 4.69) is 15.2 Å². The molecular formula is C15H14FN5O. The predicted molar refractivity (Wildman–Crippen MR) is 79.1 cm³/mol. The molecule has 0 spiro atoms. The van der Waals surface area contributed by atoms with Crippen LogP contribution < -0.4 is 11.3 Å². The van der Waals surface area contributed by atoms with E-state index in [0.29, 0.717) is 23.1 Å². The van der Waals surface area contributed by atoms with Gasteiger partial charge in [-0.1, -0.05) is 0 Å². The molecule has 0 saturated heterocycles. The van der Waals surface area contributed by atoms with Gasteiger partial charge < -0.3 is 5.73 Å². The second-order valence-electron chi connectivity index (χ2n) is 5.58. The molecule has 22 heavy (non-hydrogen) atoms. The van der Waals surface area contributed by atoms with Gasteiger partial charge in [0, 0.05) is 6.07 Å². The van der Waals surface area contributed by atoms with E-state index in [-0.39, 0.29) is 17.0 Å². The summed E-state index contributed by atoms with van der Waals surface area (Å²) in [6.07, 6.45) is 3.60. The summed E-state index contributed by atoms with van der Waals surface area (Å²) in [5, 5.41) is 6.85. The number of aromatic amines is 1. The molecule has 6 nitrogen and oxygen atoms in total. The summed E-state index contributed by atoms with van der Waals surface area (Å²) in [6.45, 7) is 0. The summed E-state index contributed by atoms with van der Waals surface area (Å²) in [5.41, 5.74) is 6.37. The van der Waals surface area contributed by atoms with Gasteiger partial charge in [-0.25, -0.2) is 13.9 Å². The Morgan fingerprint density at radius 3 is 2.86 bits per heavy atom. The minimum Gasteiger partial charge on any atom is -0.321 e. The lowest BCUT2D eigenvalue weighted by atomic mass is 10.1. The zero-order valence-electron chi connectivity index (χ0n) is 11.7. The first-order chi connectivity index (χ1) is 10.6. The third kappa shape index (κ3) is 2.01. The molecule has 1 aliphatic rings. The van der Waals surface area contributed by atoms with Gasteiger partial charge in [-0.2, -0.15) is 5.10 Å². The molecule has 3 aromatic rings. The first-order valence-corrected chi connectivity index (χ1v) is 7.12. The molecule has 2 heterocycles. The lowest BCUT2D eigenvalue weighted by Crippen LogP contribution is -2.29. The van der Waals surface area contributed by atoms with Crippen molar-refractivity contribution >= 4 is 10.9 Å². The number of H-pyrrole nitrogens is 1. The van der Waals surface area contributed by atoms with E-state index in [1.54, 1.807) is 12.3 Å². The van der Waals surface area contributed by atoms with Crippen molar-refractivity contribution in [1.82, 2.24) is 19.7 Å². The molecule has 1 atom stereocenters. The maximum absolute atomic E-state index is 13.5. The fourth-order valence-corrected chi connectivity index (χ4v) is 2.67. The maximum atomic E-state index is 13.5. The molecule has 0 amide bonds. The molecule has 1 aromatic carbocycles. The molecular weight excluding hydrogens is 285 g/mol. The van der Waals surface area contributed by atoms with Crippen LogP contribution in [0.4, 0.5) is 4.39 Å². The highest BCUT2D eigenvalue weighted by atomic mass is 19.1. The van der Waals surface area contributed by atoms with Crippen LogP contribution in [0.2, 0.25) is 0 Å². The Morgan fingerprint density at radius 2 is 2.18 bits per heavy atom. The Labute approximate surface area is 124 Å². The molecule has 1 saturated carbocycles. The first-order valence-electron chi connectivity index (χ1n) is 7.12. The Kier molecular flexibility index (Phi) is 2.83. The van der Waals surface area contributed by atoms with E-state index in [0.717, 1.165) is 12.8 Å². The van der Waals surface area contributed by atoms with Crippen molar-refractivity contribution in [2.45, 2.75) is 18.9 Å². The third-order valence-electron chi connectivity index (χ3n) is 4.01. The molecule has 112 valence electrons. The average molecular weight is 299 g/mol. The molecule has 7 heteroatoms. The standard InChI is InChI=1S/C15H14FN5O/c16-9-3-4-11-10(7-9)15(22)21(12-5-6-18-20-12)14(19-11)13(17)8-1-2-8/h3-8,13H,1-2,17H2,(H,18,20)/t13-/m0/s1. The van der Waals surface area contributed by atoms with Gasteiger partial charge >= 0.3 is 0 Å². The number of fused-ring (bicyclic) bond motifs is 1. The van der Waals surface area contributed by atoms with E-state index < -0.39 is 5.82 Å². The molecule has 0 bridgehead atoms. The number of rotatable bonds is 3. The van der Waals surface area contributed by atoms with Crippen LogP contribution >= 0.6 is 0 Å². The van der Waals surface area contributed by atoms with Gasteiger partial charge in [0.15, 0.2) is 0 Å². The minimum atomic E-state index is -0.471. The number of benzene rings is 1. The molecule has 2 aromatic heterocycles. The normalized spacial score (nSPS) is 16.1. The Morgan fingerprint density at radius 1 is 1.36 bits per heavy atom. The molecule has 0 radical (unpaired) electrons. The van der Waals surface area contributed by atoms with Gasteiger partial charge in [0.05, 0.1) is 23.1 Å². The van der Waals surface area contributed by atoms with Crippen molar-refractivity contribution < 1.29 is 4.39 Å². The topological polar surface area (TPSA) is 89.6 Å². The molecule has 1 aliphatic carbocycles. The second kappa shape index (κ2) is 4.74. The van der Waals surface area contributed by atoms with Crippen LogP contribution in [-0.2, 0) is 0 Å². The predicted octanol–water partition coefficient (Wildman–Crippen LogP) is 1.66. The monoisotopic (exact) mass is 299 g/mol. The highest BCUT2D eigenvalue weighted by Crippen LogP contribution is 2.39. The smallest absolute Gasteiger partial charge is 0.267 e. The van der Waals surface area contributed by atoms with Crippen molar-refractivity contribution in [3.8, 4) is 5.82 Å². The summed E-state index contributed by atoms with van der Waals surface area (Å²) in [7, 11) is 0. The fraction of sp³-hybridized carbons (Fsp3) is 0.267. The van der Waals surface area contributed by atoms with E-state index >= 15 is 0 Å². The minimum absolute atomic E-state index is 0.223. The SMILES string of the molecule is N[C@H](c1nc2ccc(F)cc2c(=O)n1-c1ccn[nH]1)C1CC1. The van der Waals surface area contributed by atoms with Crippen molar-refractivity contribution in [2.75, 3.05) is 0 Å². The van der Waals surface area contributed by atoms with Crippen molar-refractivity contribution in [3.05, 3.63) is 52.5 Å². The molecule has 1 fully saturated rings. The first kappa shape index (κ1) is 13.1. The van der Waals surface area contributed by atoms with Crippen LogP contribution in [0.25, 0.3) is 16.7 Å². The second-order valence-corrected chi connectivity index (χ2v) is 5.58.